The highest BCUT2D eigenvalue weighted by Gasteiger charge is 2.16. The maximum atomic E-state index is 12.1. The first-order valence-electron chi connectivity index (χ1n) is 9.37. The van der Waals surface area contributed by atoms with Crippen molar-refractivity contribution < 1.29 is 24.5 Å². The molecule has 0 bridgehead atoms. The molecule has 3 N–H and O–H groups in total. The van der Waals surface area contributed by atoms with Gasteiger partial charge in [-0.15, -0.1) is 0 Å². The minimum absolute atomic E-state index is 0.130. The number of nitrogens with one attached hydrogen (secondary N) is 1. The van der Waals surface area contributed by atoms with Crippen molar-refractivity contribution in [3.63, 3.8) is 0 Å². The summed E-state index contributed by atoms with van der Waals surface area (Å²) in [4.78, 5) is 24.1. The number of carbonyl (C=O) groups is 2. The van der Waals surface area contributed by atoms with Gasteiger partial charge in [-0.1, -0.05) is 30.3 Å². The van der Waals surface area contributed by atoms with Gasteiger partial charge in [0.05, 0.1) is 12.2 Å². The predicted molar refractivity (Wildman–Crippen MR) is 109 cm³/mol. The first-order chi connectivity index (χ1) is 14.3. The van der Waals surface area contributed by atoms with E-state index in [9.17, 15) is 19.8 Å². The highest BCUT2D eigenvalue weighted by Crippen LogP contribution is 2.23. The molecule has 0 aliphatic heterocycles. The van der Waals surface area contributed by atoms with E-state index in [1.54, 1.807) is 0 Å². The standard InChI is InChI=1S/C22H23N3O5/c1-14-19(15(2)25(24-14)12-16-6-4-3-5-7-16)11-23-21(28)13-30-22(29)18-9-8-17(26)10-20(18)27/h3-10,26-27H,11-13H2,1-2H3,(H,23,28). The van der Waals surface area contributed by atoms with Crippen molar-refractivity contribution in [3.05, 3.63) is 76.6 Å². The number of aromatic hydroxyl groups is 2. The van der Waals surface area contributed by atoms with Gasteiger partial charge in [0, 0.05) is 23.9 Å². The molecule has 0 unspecified atom stereocenters. The van der Waals surface area contributed by atoms with Crippen LogP contribution in [0, 0.1) is 13.8 Å². The lowest BCUT2D eigenvalue weighted by Gasteiger charge is -2.09. The summed E-state index contributed by atoms with van der Waals surface area (Å²) in [6.45, 7) is 4.22. The van der Waals surface area contributed by atoms with Crippen LogP contribution in [0.2, 0.25) is 0 Å². The molecule has 1 amide bonds. The lowest BCUT2D eigenvalue weighted by Crippen LogP contribution is -2.28. The fraction of sp³-hybridized carbons (Fsp3) is 0.227. The van der Waals surface area contributed by atoms with Crippen LogP contribution in [-0.4, -0.2) is 38.5 Å². The van der Waals surface area contributed by atoms with Gasteiger partial charge in [0.2, 0.25) is 0 Å². The van der Waals surface area contributed by atoms with Gasteiger partial charge in [0.15, 0.2) is 6.61 Å². The number of hydrogen-bond acceptors (Lipinski definition) is 6. The number of carbonyl (C=O) groups excluding carboxylic acids is 2. The number of amides is 1. The molecule has 156 valence electrons. The zero-order valence-electron chi connectivity index (χ0n) is 16.8. The molecule has 8 heteroatoms. The Balaban J connectivity index is 1.55. The largest absolute Gasteiger partial charge is 0.508 e. The molecule has 8 nitrogen and oxygen atoms in total. The number of nitrogens with zero attached hydrogens (tertiary/aromatic N) is 2. The Morgan fingerprint density at radius 2 is 1.83 bits per heavy atom. The van der Waals surface area contributed by atoms with E-state index in [4.69, 9.17) is 4.74 Å². The molecular formula is C22H23N3O5. The van der Waals surface area contributed by atoms with Crippen LogP contribution < -0.4 is 5.32 Å². The van der Waals surface area contributed by atoms with Gasteiger partial charge in [-0.25, -0.2) is 4.79 Å². The van der Waals surface area contributed by atoms with Crippen molar-refractivity contribution in [2.75, 3.05) is 6.61 Å². The minimum Gasteiger partial charge on any atom is -0.508 e. The lowest BCUT2D eigenvalue weighted by molar-refractivity contribution is -0.124. The average Bonchev–Trinajstić information content (AvgIpc) is 2.98. The maximum absolute atomic E-state index is 12.1. The van der Waals surface area contributed by atoms with E-state index in [1.165, 1.54) is 12.1 Å². The van der Waals surface area contributed by atoms with Gasteiger partial charge in [-0.3, -0.25) is 9.48 Å². The fourth-order valence-corrected chi connectivity index (χ4v) is 3.04. The molecule has 3 rings (SSSR count). The van der Waals surface area contributed by atoms with Gasteiger partial charge >= 0.3 is 5.97 Å². The monoisotopic (exact) mass is 409 g/mol. The Morgan fingerprint density at radius 1 is 1.10 bits per heavy atom. The zero-order chi connectivity index (χ0) is 21.7. The molecule has 0 spiro atoms. The number of hydrogen-bond donors (Lipinski definition) is 3. The van der Waals surface area contributed by atoms with Crippen molar-refractivity contribution in [2.24, 2.45) is 0 Å². The molecular weight excluding hydrogens is 386 g/mol. The van der Waals surface area contributed by atoms with Crippen molar-refractivity contribution in [2.45, 2.75) is 26.9 Å². The molecule has 0 aliphatic carbocycles. The van der Waals surface area contributed by atoms with Crippen LogP contribution >= 0.6 is 0 Å². The SMILES string of the molecule is Cc1nn(Cc2ccccc2)c(C)c1CNC(=O)COC(=O)c1ccc(O)cc1O. The Morgan fingerprint density at radius 3 is 2.53 bits per heavy atom. The Bertz CT molecular complexity index is 1060. The number of aryl methyl sites for hydroxylation is 1. The Kier molecular flexibility index (Phi) is 6.36. The second-order valence-electron chi connectivity index (χ2n) is 6.85. The summed E-state index contributed by atoms with van der Waals surface area (Å²) in [6.07, 6.45) is 0. The number of phenolic OH excluding ortho intramolecular Hbond substituents is 2. The number of benzene rings is 2. The highest BCUT2D eigenvalue weighted by atomic mass is 16.5. The Hall–Kier alpha value is -3.81. The first kappa shape index (κ1) is 20.9. The average molecular weight is 409 g/mol. The van der Waals surface area contributed by atoms with Crippen LogP contribution in [0.4, 0.5) is 0 Å². The highest BCUT2D eigenvalue weighted by molar-refractivity contribution is 5.94. The molecule has 2 aromatic carbocycles. The molecule has 0 saturated heterocycles. The maximum Gasteiger partial charge on any atom is 0.342 e. The summed E-state index contributed by atoms with van der Waals surface area (Å²) >= 11 is 0. The van der Waals surface area contributed by atoms with E-state index >= 15 is 0 Å². The predicted octanol–water partition coefficient (Wildman–Crippen LogP) is 2.43. The quantitative estimate of drug-likeness (QED) is 0.517. The third kappa shape index (κ3) is 4.96. The topological polar surface area (TPSA) is 114 Å². The molecule has 0 saturated carbocycles. The van der Waals surface area contributed by atoms with Gasteiger partial charge < -0.3 is 20.3 Å². The number of ether oxygens (including phenoxy) is 1. The van der Waals surface area contributed by atoms with Gasteiger partial charge in [0.25, 0.3) is 5.91 Å². The van der Waals surface area contributed by atoms with Crippen molar-refractivity contribution >= 4 is 11.9 Å². The second kappa shape index (κ2) is 9.13. The third-order valence-corrected chi connectivity index (χ3v) is 4.70. The minimum atomic E-state index is -0.856. The summed E-state index contributed by atoms with van der Waals surface area (Å²) in [7, 11) is 0. The van der Waals surface area contributed by atoms with Crippen LogP contribution in [0.25, 0.3) is 0 Å². The van der Waals surface area contributed by atoms with Gasteiger partial charge in [0.1, 0.15) is 17.1 Å². The number of phenols is 2. The van der Waals surface area contributed by atoms with Crippen LogP contribution in [0.15, 0.2) is 48.5 Å². The molecule has 1 aromatic heterocycles. The van der Waals surface area contributed by atoms with E-state index in [2.05, 4.69) is 10.4 Å². The normalized spacial score (nSPS) is 10.6. The second-order valence-corrected chi connectivity index (χ2v) is 6.85. The van der Waals surface area contributed by atoms with E-state index in [0.29, 0.717) is 6.54 Å². The van der Waals surface area contributed by atoms with E-state index in [-0.39, 0.29) is 17.9 Å². The molecule has 0 fully saturated rings. The van der Waals surface area contributed by atoms with Crippen LogP contribution in [0.1, 0.15) is 32.9 Å². The summed E-state index contributed by atoms with van der Waals surface area (Å²) < 4.78 is 6.82. The molecule has 1 heterocycles. The van der Waals surface area contributed by atoms with Gasteiger partial charge in [-0.2, -0.15) is 5.10 Å². The number of rotatable bonds is 7. The van der Waals surface area contributed by atoms with Crippen molar-refractivity contribution in [1.29, 1.82) is 0 Å². The third-order valence-electron chi connectivity index (χ3n) is 4.70. The molecule has 0 radical (unpaired) electrons. The van der Waals surface area contributed by atoms with Crippen LogP contribution in [0.5, 0.6) is 11.5 Å². The van der Waals surface area contributed by atoms with Crippen molar-refractivity contribution in [3.8, 4) is 11.5 Å². The van der Waals surface area contributed by atoms with E-state index < -0.39 is 24.2 Å². The number of esters is 1. The lowest BCUT2D eigenvalue weighted by atomic mass is 10.2. The van der Waals surface area contributed by atoms with Crippen LogP contribution in [0.3, 0.4) is 0 Å². The first-order valence-corrected chi connectivity index (χ1v) is 9.37. The van der Waals surface area contributed by atoms with E-state index in [1.807, 2.05) is 48.9 Å². The summed E-state index contributed by atoms with van der Waals surface area (Å²) in [5.74, 6) is -1.93. The smallest absolute Gasteiger partial charge is 0.342 e. The van der Waals surface area contributed by atoms with Crippen molar-refractivity contribution in [1.82, 2.24) is 15.1 Å². The summed E-state index contributed by atoms with van der Waals surface area (Å²) in [5.41, 5.74) is 3.66. The Labute approximate surface area is 173 Å². The summed E-state index contributed by atoms with van der Waals surface area (Å²) in [6, 6.07) is 13.4. The fourth-order valence-electron chi connectivity index (χ4n) is 3.04. The van der Waals surface area contributed by atoms with E-state index in [0.717, 1.165) is 28.6 Å². The van der Waals surface area contributed by atoms with Gasteiger partial charge in [-0.05, 0) is 31.5 Å². The zero-order valence-corrected chi connectivity index (χ0v) is 16.8. The summed E-state index contributed by atoms with van der Waals surface area (Å²) in [5, 5.41) is 26.2. The molecule has 30 heavy (non-hydrogen) atoms. The number of aromatic nitrogens is 2. The molecule has 0 aliphatic rings. The molecule has 3 aromatic rings. The molecule has 0 atom stereocenters. The van der Waals surface area contributed by atoms with Crippen LogP contribution in [-0.2, 0) is 22.6 Å².